The van der Waals surface area contributed by atoms with Gasteiger partial charge in [-0.25, -0.2) is 0 Å². The average Bonchev–Trinajstić information content (AvgIpc) is 3.05. The fraction of sp³-hybridized carbons (Fsp3) is 0.267. The molecule has 1 aliphatic carbocycles. The van der Waals surface area contributed by atoms with Crippen LogP contribution in [0.15, 0.2) is 30.6 Å². The summed E-state index contributed by atoms with van der Waals surface area (Å²) in [4.78, 5) is 12.2. The normalized spacial score (nSPS) is 16.5. The molecule has 0 radical (unpaired) electrons. The summed E-state index contributed by atoms with van der Waals surface area (Å²) in [6.07, 6.45) is 5.01. The van der Waals surface area contributed by atoms with Crippen LogP contribution in [0.25, 0.3) is 0 Å². The highest BCUT2D eigenvalue weighted by Crippen LogP contribution is 2.31. The second-order valence-corrected chi connectivity index (χ2v) is 5.29. The van der Waals surface area contributed by atoms with Crippen LogP contribution in [0.2, 0.25) is 0 Å². The fourth-order valence-electron chi connectivity index (χ4n) is 2.72. The van der Waals surface area contributed by atoms with E-state index >= 15 is 0 Å². The SMILES string of the molecule is Cn1cc(C(=O)N[C@@H]2CCc3cc(C(=N)N)ccc32)cn1. The van der Waals surface area contributed by atoms with Crippen molar-refractivity contribution in [3.05, 3.63) is 52.8 Å². The first-order valence-electron chi connectivity index (χ1n) is 6.81. The molecular weight excluding hydrogens is 266 g/mol. The molecule has 0 bridgehead atoms. The summed E-state index contributed by atoms with van der Waals surface area (Å²) < 4.78 is 1.61. The number of hydrogen-bond acceptors (Lipinski definition) is 3. The Hall–Kier alpha value is -2.63. The van der Waals surface area contributed by atoms with E-state index in [1.54, 1.807) is 24.1 Å². The van der Waals surface area contributed by atoms with E-state index in [1.165, 1.54) is 0 Å². The van der Waals surface area contributed by atoms with Crippen molar-refractivity contribution in [1.82, 2.24) is 15.1 Å². The van der Waals surface area contributed by atoms with Gasteiger partial charge in [-0.3, -0.25) is 14.9 Å². The van der Waals surface area contributed by atoms with Gasteiger partial charge in [0.15, 0.2) is 0 Å². The number of amides is 1. The van der Waals surface area contributed by atoms with E-state index in [1.807, 2.05) is 18.2 Å². The Morgan fingerprint density at radius 2 is 2.29 bits per heavy atom. The number of nitrogens with one attached hydrogen (secondary N) is 2. The highest BCUT2D eigenvalue weighted by molar-refractivity contribution is 5.95. The first-order valence-corrected chi connectivity index (χ1v) is 6.81. The number of carbonyl (C=O) groups excluding carboxylic acids is 1. The predicted molar refractivity (Wildman–Crippen MR) is 79.2 cm³/mol. The molecule has 0 saturated heterocycles. The first kappa shape index (κ1) is 13.4. The van der Waals surface area contributed by atoms with Gasteiger partial charge in [0.25, 0.3) is 5.91 Å². The summed E-state index contributed by atoms with van der Waals surface area (Å²) in [5.74, 6) is -0.0442. The fourth-order valence-corrected chi connectivity index (χ4v) is 2.72. The standard InChI is InChI=1S/C15H17N5O/c1-20-8-11(7-18-20)15(21)19-13-5-3-9-6-10(14(16)17)2-4-12(9)13/h2,4,6-8,13H,3,5H2,1H3,(H3,16,17)(H,19,21)/t13-/m1/s1. The number of amidine groups is 1. The number of carbonyl (C=O) groups is 1. The third-order valence-electron chi connectivity index (χ3n) is 3.80. The molecule has 2 aromatic rings. The lowest BCUT2D eigenvalue weighted by Gasteiger charge is -2.13. The van der Waals surface area contributed by atoms with Crippen molar-refractivity contribution < 1.29 is 4.79 Å². The lowest BCUT2D eigenvalue weighted by atomic mass is 10.0. The Morgan fingerprint density at radius 1 is 1.48 bits per heavy atom. The smallest absolute Gasteiger partial charge is 0.254 e. The maximum Gasteiger partial charge on any atom is 0.254 e. The maximum atomic E-state index is 12.2. The van der Waals surface area contributed by atoms with Crippen molar-refractivity contribution >= 4 is 11.7 Å². The number of nitrogen functional groups attached to an aromatic ring is 1. The quantitative estimate of drug-likeness (QED) is 0.581. The second-order valence-electron chi connectivity index (χ2n) is 5.29. The van der Waals surface area contributed by atoms with Crippen LogP contribution in [0.5, 0.6) is 0 Å². The molecular formula is C15H17N5O. The van der Waals surface area contributed by atoms with Gasteiger partial charge >= 0.3 is 0 Å². The van der Waals surface area contributed by atoms with Crippen molar-refractivity contribution in [2.45, 2.75) is 18.9 Å². The Bertz CT molecular complexity index is 719. The largest absolute Gasteiger partial charge is 0.384 e. The van der Waals surface area contributed by atoms with Crippen molar-refractivity contribution in [2.75, 3.05) is 0 Å². The molecule has 0 unspecified atom stereocenters. The number of fused-ring (bicyclic) bond motifs is 1. The van der Waals surface area contributed by atoms with E-state index < -0.39 is 0 Å². The van der Waals surface area contributed by atoms with Crippen molar-refractivity contribution in [3.8, 4) is 0 Å². The predicted octanol–water partition coefficient (Wildman–Crippen LogP) is 1.12. The zero-order valence-electron chi connectivity index (χ0n) is 11.8. The van der Waals surface area contributed by atoms with Crippen LogP contribution in [0.4, 0.5) is 0 Å². The minimum atomic E-state index is -0.114. The molecule has 0 fully saturated rings. The highest BCUT2D eigenvalue weighted by Gasteiger charge is 2.25. The van der Waals surface area contributed by atoms with Gasteiger partial charge in [0.2, 0.25) is 0 Å². The van der Waals surface area contributed by atoms with Gasteiger partial charge in [0.1, 0.15) is 5.84 Å². The summed E-state index contributed by atoms with van der Waals surface area (Å²) >= 11 is 0. The maximum absolute atomic E-state index is 12.2. The van der Waals surface area contributed by atoms with Crippen LogP contribution in [0, 0.1) is 5.41 Å². The molecule has 108 valence electrons. The molecule has 0 spiro atoms. The molecule has 1 aromatic carbocycles. The zero-order valence-corrected chi connectivity index (χ0v) is 11.8. The lowest BCUT2D eigenvalue weighted by molar-refractivity contribution is 0.0936. The van der Waals surface area contributed by atoms with Crippen LogP contribution in [0.3, 0.4) is 0 Å². The summed E-state index contributed by atoms with van der Waals surface area (Å²) in [6.45, 7) is 0. The van der Waals surface area contributed by atoms with Crippen molar-refractivity contribution in [2.24, 2.45) is 12.8 Å². The first-order chi connectivity index (χ1) is 10.0. The lowest BCUT2D eigenvalue weighted by Crippen LogP contribution is -2.26. The van der Waals surface area contributed by atoms with E-state index in [-0.39, 0.29) is 17.8 Å². The number of aryl methyl sites for hydroxylation is 2. The molecule has 1 aliphatic rings. The molecule has 6 nitrogen and oxygen atoms in total. The Kier molecular flexibility index (Phi) is 3.21. The van der Waals surface area contributed by atoms with Crippen LogP contribution < -0.4 is 11.1 Å². The summed E-state index contributed by atoms with van der Waals surface area (Å²) in [7, 11) is 1.78. The molecule has 21 heavy (non-hydrogen) atoms. The highest BCUT2D eigenvalue weighted by atomic mass is 16.1. The average molecular weight is 283 g/mol. The zero-order chi connectivity index (χ0) is 15.0. The Balaban J connectivity index is 1.78. The van der Waals surface area contributed by atoms with E-state index in [2.05, 4.69) is 10.4 Å². The number of nitrogens with two attached hydrogens (primary N) is 1. The molecule has 4 N–H and O–H groups in total. The van der Waals surface area contributed by atoms with E-state index in [9.17, 15) is 4.79 Å². The van der Waals surface area contributed by atoms with E-state index in [0.717, 1.165) is 29.5 Å². The molecule has 1 aromatic heterocycles. The molecule has 0 aliphatic heterocycles. The third-order valence-corrected chi connectivity index (χ3v) is 3.80. The van der Waals surface area contributed by atoms with Crippen LogP contribution >= 0.6 is 0 Å². The number of hydrogen-bond donors (Lipinski definition) is 3. The third kappa shape index (κ3) is 2.52. The van der Waals surface area contributed by atoms with Crippen LogP contribution in [-0.2, 0) is 13.5 Å². The van der Waals surface area contributed by atoms with Gasteiger partial charge in [0, 0.05) is 18.8 Å². The van der Waals surface area contributed by atoms with E-state index in [0.29, 0.717) is 5.56 Å². The number of benzene rings is 1. The summed E-state index contributed by atoms with van der Waals surface area (Å²) in [6, 6.07) is 5.73. The van der Waals surface area contributed by atoms with E-state index in [4.69, 9.17) is 11.1 Å². The monoisotopic (exact) mass is 283 g/mol. The summed E-state index contributed by atoms with van der Waals surface area (Å²) in [5, 5.41) is 14.5. The van der Waals surface area contributed by atoms with Gasteiger partial charge in [-0.15, -0.1) is 0 Å². The molecule has 1 atom stereocenters. The van der Waals surface area contributed by atoms with Gasteiger partial charge in [-0.05, 0) is 30.0 Å². The Labute approximate surface area is 122 Å². The second kappa shape index (κ2) is 5.05. The molecule has 1 amide bonds. The Morgan fingerprint density at radius 3 is 2.95 bits per heavy atom. The van der Waals surface area contributed by atoms with Crippen LogP contribution in [0.1, 0.15) is 39.5 Å². The topological polar surface area (TPSA) is 96.8 Å². The molecule has 6 heteroatoms. The number of aromatic nitrogens is 2. The van der Waals surface area contributed by atoms with Gasteiger partial charge in [0.05, 0.1) is 17.8 Å². The van der Waals surface area contributed by atoms with Crippen molar-refractivity contribution in [1.29, 1.82) is 5.41 Å². The van der Waals surface area contributed by atoms with Gasteiger partial charge in [-0.2, -0.15) is 5.10 Å². The number of rotatable bonds is 3. The minimum absolute atomic E-state index is 0.00807. The molecule has 0 saturated carbocycles. The molecule has 1 heterocycles. The number of nitrogens with zero attached hydrogens (tertiary/aromatic N) is 2. The molecule has 3 rings (SSSR count). The van der Waals surface area contributed by atoms with Crippen LogP contribution in [-0.4, -0.2) is 21.5 Å². The summed E-state index contributed by atoms with van der Waals surface area (Å²) in [5.41, 5.74) is 9.06. The van der Waals surface area contributed by atoms with Gasteiger partial charge in [-0.1, -0.05) is 12.1 Å². The van der Waals surface area contributed by atoms with Crippen molar-refractivity contribution in [3.63, 3.8) is 0 Å². The minimum Gasteiger partial charge on any atom is -0.384 e. The van der Waals surface area contributed by atoms with Gasteiger partial charge < -0.3 is 11.1 Å².